The van der Waals surface area contributed by atoms with Gasteiger partial charge in [0.15, 0.2) is 8.32 Å². The lowest BCUT2D eigenvalue weighted by Crippen LogP contribution is -2.44. The molecule has 0 unspecified atom stereocenters. The van der Waals surface area contributed by atoms with Gasteiger partial charge in [-0.15, -0.1) is 5.10 Å². The number of ether oxygens (including phenoxy) is 1. The van der Waals surface area contributed by atoms with Gasteiger partial charge >= 0.3 is 0 Å². The molecule has 7 heteroatoms. The highest BCUT2D eigenvalue weighted by Gasteiger charge is 2.38. The lowest BCUT2D eigenvalue weighted by Gasteiger charge is -2.38. The monoisotopic (exact) mass is 467 g/mol. The molecule has 1 aromatic heterocycles. The molecule has 1 atom stereocenters. The molecule has 0 aliphatic rings. The zero-order valence-electron chi connectivity index (χ0n) is 16.5. The number of halogens is 1. The van der Waals surface area contributed by atoms with Gasteiger partial charge in [0.05, 0.1) is 28.5 Å². The minimum absolute atomic E-state index is 0.122. The highest BCUT2D eigenvalue weighted by molar-refractivity contribution is 14.1. The van der Waals surface area contributed by atoms with Crippen molar-refractivity contribution in [2.45, 2.75) is 78.9 Å². The van der Waals surface area contributed by atoms with E-state index in [0.29, 0.717) is 6.61 Å². The number of aromatic nitrogens is 2. The van der Waals surface area contributed by atoms with Gasteiger partial charge in [0.25, 0.3) is 0 Å². The molecule has 0 amide bonds. The molecule has 0 aliphatic carbocycles. The molecule has 24 heavy (non-hydrogen) atoms. The van der Waals surface area contributed by atoms with Crippen molar-refractivity contribution in [2.24, 2.45) is 0 Å². The van der Waals surface area contributed by atoms with Gasteiger partial charge in [-0.25, -0.2) is 0 Å². The summed E-state index contributed by atoms with van der Waals surface area (Å²) in [4.78, 5) is 0. The third kappa shape index (κ3) is 5.71. The van der Waals surface area contributed by atoms with Crippen LogP contribution in [0.3, 0.4) is 0 Å². The predicted molar refractivity (Wildman–Crippen MR) is 111 cm³/mol. The first-order chi connectivity index (χ1) is 11.0. The summed E-state index contributed by atoms with van der Waals surface area (Å²) in [6.07, 6.45) is 0.122. The van der Waals surface area contributed by atoms with Crippen LogP contribution in [0.5, 0.6) is 5.88 Å². The molecule has 140 valence electrons. The van der Waals surface area contributed by atoms with Crippen molar-refractivity contribution in [3.63, 3.8) is 0 Å². The molecule has 0 radical (unpaired) electrons. The quantitative estimate of drug-likeness (QED) is 0.432. The van der Waals surface area contributed by atoms with Crippen molar-refractivity contribution in [3.8, 4) is 5.88 Å². The van der Waals surface area contributed by atoms with Crippen molar-refractivity contribution < 1.29 is 9.16 Å². The Morgan fingerprint density at radius 2 is 1.92 bits per heavy atom. The Kier molecular flexibility index (Phi) is 8.22. The van der Waals surface area contributed by atoms with Gasteiger partial charge in [-0.2, -0.15) is 0 Å². The van der Waals surface area contributed by atoms with Gasteiger partial charge in [0, 0.05) is 6.54 Å². The van der Waals surface area contributed by atoms with Gasteiger partial charge in [-0.3, -0.25) is 4.68 Å². The highest BCUT2D eigenvalue weighted by Crippen LogP contribution is 2.37. The fourth-order valence-electron chi connectivity index (χ4n) is 2.20. The molecule has 1 N–H and O–H groups in total. The fraction of sp³-hybridized carbons (Fsp3) is 0.824. The topological polar surface area (TPSA) is 48.3 Å². The maximum atomic E-state index is 6.49. The first-order valence-electron chi connectivity index (χ1n) is 8.80. The molecule has 1 aromatic rings. The van der Waals surface area contributed by atoms with Crippen LogP contribution < -0.4 is 10.1 Å². The number of hydrogen-bond donors (Lipinski definition) is 1. The Balaban J connectivity index is 2.94. The molecule has 0 aliphatic heterocycles. The second-order valence-corrected chi connectivity index (χ2v) is 13.5. The first-order valence-corrected chi connectivity index (χ1v) is 12.8. The van der Waals surface area contributed by atoms with E-state index in [0.717, 1.165) is 29.1 Å². The fourth-order valence-corrected chi connectivity index (χ4v) is 4.37. The number of nitrogens with zero attached hydrogens (tertiary/aromatic N) is 2. The van der Waals surface area contributed by atoms with E-state index >= 15 is 0 Å². The van der Waals surface area contributed by atoms with E-state index in [9.17, 15) is 0 Å². The molecule has 0 saturated carbocycles. The summed E-state index contributed by atoms with van der Waals surface area (Å²) in [5.74, 6) is 0.727. The molecule has 1 rings (SSSR count). The van der Waals surface area contributed by atoms with Crippen LogP contribution in [0.25, 0.3) is 0 Å². The average molecular weight is 467 g/mol. The van der Waals surface area contributed by atoms with Crippen molar-refractivity contribution in [1.29, 1.82) is 0 Å². The van der Waals surface area contributed by atoms with Crippen LogP contribution >= 0.6 is 22.6 Å². The standard InChI is InChI=1S/C17H34IN3O2Si/c1-9-19-11-14-15(18)16(22-10-2)20-21(14)12-13(3)23-24(7,8)17(4,5)6/h13,19H,9-12H2,1-8H3/t13-/m0/s1. The second-order valence-electron chi connectivity index (χ2n) is 7.65. The molecule has 5 nitrogen and oxygen atoms in total. The predicted octanol–water partition coefficient (Wildman–Crippen LogP) is 4.41. The Hall–Kier alpha value is -0.123. The van der Waals surface area contributed by atoms with Gasteiger partial charge in [-0.05, 0) is 61.1 Å². The summed E-state index contributed by atoms with van der Waals surface area (Å²) in [6, 6.07) is 0. The molecule has 0 spiro atoms. The van der Waals surface area contributed by atoms with Crippen LogP contribution in [0, 0.1) is 3.57 Å². The molecular formula is C17H34IN3O2Si. The SMILES string of the molecule is CCNCc1c(I)c(OCC)nn1C[C@H](C)O[Si](C)(C)C(C)(C)C. The van der Waals surface area contributed by atoms with Crippen LogP contribution in [-0.2, 0) is 17.5 Å². The van der Waals surface area contributed by atoms with Crippen LogP contribution in [0.1, 0.15) is 47.2 Å². The minimum Gasteiger partial charge on any atom is -0.476 e. The van der Waals surface area contributed by atoms with E-state index in [2.05, 4.69) is 80.7 Å². The number of nitrogens with one attached hydrogen (secondary N) is 1. The van der Waals surface area contributed by atoms with Crippen LogP contribution in [0.15, 0.2) is 0 Å². The zero-order chi connectivity index (χ0) is 18.5. The molecule has 0 aromatic carbocycles. The zero-order valence-corrected chi connectivity index (χ0v) is 19.7. The lowest BCUT2D eigenvalue weighted by atomic mass is 10.2. The third-order valence-electron chi connectivity index (χ3n) is 4.52. The summed E-state index contributed by atoms with van der Waals surface area (Å²) in [7, 11) is -1.78. The number of hydrogen-bond acceptors (Lipinski definition) is 4. The van der Waals surface area contributed by atoms with E-state index in [1.54, 1.807) is 0 Å². The van der Waals surface area contributed by atoms with Crippen LogP contribution in [0.2, 0.25) is 18.1 Å². The Labute approximate surface area is 162 Å². The second kappa shape index (κ2) is 9.00. The van der Waals surface area contributed by atoms with Crippen LogP contribution in [-0.4, -0.2) is 37.4 Å². The lowest BCUT2D eigenvalue weighted by molar-refractivity contribution is 0.171. The third-order valence-corrected chi connectivity index (χ3v) is 10.2. The molecule has 0 saturated heterocycles. The highest BCUT2D eigenvalue weighted by atomic mass is 127. The summed E-state index contributed by atoms with van der Waals surface area (Å²) in [6.45, 7) is 20.7. The maximum absolute atomic E-state index is 6.49. The van der Waals surface area contributed by atoms with Gasteiger partial charge < -0.3 is 14.5 Å². The Morgan fingerprint density at radius 3 is 2.42 bits per heavy atom. The first kappa shape index (κ1) is 21.9. The molecular weight excluding hydrogens is 433 g/mol. The summed E-state index contributed by atoms with van der Waals surface area (Å²) < 4.78 is 15.3. The Bertz CT molecular complexity index is 527. The average Bonchev–Trinajstić information content (AvgIpc) is 2.71. The summed E-state index contributed by atoms with van der Waals surface area (Å²) in [5, 5.41) is 8.27. The van der Waals surface area contributed by atoms with Crippen LogP contribution in [0.4, 0.5) is 0 Å². The molecule has 0 bridgehead atoms. The normalized spacial score (nSPS) is 14.0. The summed E-state index contributed by atoms with van der Waals surface area (Å²) >= 11 is 2.33. The summed E-state index contributed by atoms with van der Waals surface area (Å²) in [5.41, 5.74) is 1.17. The van der Waals surface area contributed by atoms with Gasteiger partial charge in [0.2, 0.25) is 5.88 Å². The van der Waals surface area contributed by atoms with Crippen molar-refractivity contribution in [2.75, 3.05) is 13.2 Å². The van der Waals surface area contributed by atoms with Gasteiger partial charge in [0.1, 0.15) is 0 Å². The molecule has 0 fully saturated rings. The maximum Gasteiger partial charge on any atom is 0.246 e. The van der Waals surface area contributed by atoms with Crippen molar-refractivity contribution in [3.05, 3.63) is 9.26 Å². The van der Waals surface area contributed by atoms with E-state index in [-0.39, 0.29) is 11.1 Å². The smallest absolute Gasteiger partial charge is 0.246 e. The van der Waals surface area contributed by atoms with Gasteiger partial charge in [-0.1, -0.05) is 27.7 Å². The van der Waals surface area contributed by atoms with E-state index in [4.69, 9.17) is 9.16 Å². The van der Waals surface area contributed by atoms with E-state index < -0.39 is 8.32 Å². The van der Waals surface area contributed by atoms with E-state index in [1.807, 2.05) is 11.6 Å². The number of rotatable bonds is 9. The van der Waals surface area contributed by atoms with Crippen molar-refractivity contribution >= 4 is 30.9 Å². The van der Waals surface area contributed by atoms with E-state index in [1.165, 1.54) is 5.69 Å². The Morgan fingerprint density at radius 1 is 1.29 bits per heavy atom. The largest absolute Gasteiger partial charge is 0.476 e. The van der Waals surface area contributed by atoms with Crippen molar-refractivity contribution in [1.82, 2.24) is 15.1 Å². The molecule has 1 heterocycles. The minimum atomic E-state index is -1.78.